The first-order valence-electron chi connectivity index (χ1n) is 4.15. The minimum atomic E-state index is -0.468. The number of halogens is 1. The smallest absolute Gasteiger partial charge is 0.122 e. The first kappa shape index (κ1) is 10.4. The fourth-order valence-electron chi connectivity index (χ4n) is 1.21. The van der Waals surface area contributed by atoms with Crippen molar-refractivity contribution in [3.8, 4) is 0 Å². The van der Waals surface area contributed by atoms with Crippen LogP contribution in [0.3, 0.4) is 0 Å². The van der Waals surface area contributed by atoms with Crippen LogP contribution in [0.1, 0.15) is 20.7 Å². The van der Waals surface area contributed by atoms with Gasteiger partial charge in [0.25, 0.3) is 0 Å². The van der Waals surface area contributed by atoms with Gasteiger partial charge in [0, 0.05) is 24.5 Å². The summed E-state index contributed by atoms with van der Waals surface area (Å²) in [6, 6.07) is 5.98. The van der Waals surface area contributed by atoms with E-state index in [4.69, 9.17) is 0 Å². The Morgan fingerprint density at radius 2 is 2.14 bits per heavy atom. The maximum absolute atomic E-state index is 10.0. The molecule has 4 heteroatoms. The Labute approximate surface area is 99.2 Å². The van der Waals surface area contributed by atoms with Gasteiger partial charge in [0.05, 0.1) is 0 Å². The predicted molar refractivity (Wildman–Crippen MR) is 65.1 cm³/mol. The van der Waals surface area contributed by atoms with Crippen LogP contribution in [-0.4, -0.2) is 5.11 Å². The molecular formula is C10H9BrOS2. The van der Waals surface area contributed by atoms with E-state index >= 15 is 0 Å². The van der Waals surface area contributed by atoms with Gasteiger partial charge in [0.2, 0.25) is 0 Å². The second kappa shape index (κ2) is 4.14. The van der Waals surface area contributed by atoms with Crippen molar-refractivity contribution >= 4 is 38.6 Å². The number of aliphatic hydroxyl groups excluding tert-OH is 1. The van der Waals surface area contributed by atoms with Crippen LogP contribution in [0.2, 0.25) is 0 Å². The normalized spacial score (nSPS) is 13.1. The largest absolute Gasteiger partial charge is 0.382 e. The van der Waals surface area contributed by atoms with Gasteiger partial charge in [-0.1, -0.05) is 0 Å². The van der Waals surface area contributed by atoms with Crippen molar-refractivity contribution in [2.45, 2.75) is 13.0 Å². The molecule has 2 aromatic heterocycles. The van der Waals surface area contributed by atoms with Crippen LogP contribution in [-0.2, 0) is 0 Å². The van der Waals surface area contributed by atoms with Gasteiger partial charge < -0.3 is 5.11 Å². The molecule has 0 aromatic carbocycles. The highest BCUT2D eigenvalue weighted by atomic mass is 79.9. The summed E-state index contributed by atoms with van der Waals surface area (Å²) < 4.78 is 1.03. The lowest BCUT2D eigenvalue weighted by atomic mass is 10.2. The maximum Gasteiger partial charge on any atom is 0.122 e. The van der Waals surface area contributed by atoms with Crippen molar-refractivity contribution in [3.05, 3.63) is 42.7 Å². The minimum Gasteiger partial charge on any atom is -0.382 e. The van der Waals surface area contributed by atoms with Crippen molar-refractivity contribution in [1.29, 1.82) is 0 Å². The molecule has 74 valence electrons. The molecule has 0 amide bonds. The molecular weight excluding hydrogens is 280 g/mol. The molecule has 1 atom stereocenters. The zero-order valence-electron chi connectivity index (χ0n) is 7.53. The summed E-state index contributed by atoms with van der Waals surface area (Å²) in [7, 11) is 0. The Morgan fingerprint density at radius 3 is 2.64 bits per heavy atom. The van der Waals surface area contributed by atoms with Crippen molar-refractivity contribution < 1.29 is 5.11 Å². The van der Waals surface area contributed by atoms with E-state index in [1.54, 1.807) is 22.7 Å². The van der Waals surface area contributed by atoms with Crippen LogP contribution >= 0.6 is 38.6 Å². The molecule has 0 aliphatic rings. The zero-order valence-corrected chi connectivity index (χ0v) is 10.7. The monoisotopic (exact) mass is 288 g/mol. The minimum absolute atomic E-state index is 0.468. The van der Waals surface area contributed by atoms with E-state index in [0.29, 0.717) is 0 Å². The third-order valence-corrected chi connectivity index (χ3v) is 4.69. The Morgan fingerprint density at radius 1 is 1.36 bits per heavy atom. The molecule has 0 fully saturated rings. The number of hydrogen-bond acceptors (Lipinski definition) is 3. The van der Waals surface area contributed by atoms with Crippen LogP contribution in [0.4, 0.5) is 0 Å². The van der Waals surface area contributed by atoms with Crippen molar-refractivity contribution in [3.63, 3.8) is 0 Å². The summed E-state index contributed by atoms with van der Waals surface area (Å²) >= 11 is 6.59. The summed E-state index contributed by atoms with van der Waals surface area (Å²) in [6.07, 6.45) is -0.468. The van der Waals surface area contributed by atoms with Gasteiger partial charge in [0.1, 0.15) is 6.10 Å². The van der Waals surface area contributed by atoms with Gasteiger partial charge in [-0.05, 0) is 41.1 Å². The number of aryl methyl sites for hydroxylation is 1. The lowest BCUT2D eigenvalue weighted by molar-refractivity contribution is 0.228. The summed E-state index contributed by atoms with van der Waals surface area (Å²) in [5, 5.41) is 12.0. The molecule has 2 rings (SSSR count). The molecule has 0 spiro atoms. The molecule has 0 bridgehead atoms. The van der Waals surface area contributed by atoms with Crippen LogP contribution < -0.4 is 0 Å². The molecule has 0 radical (unpaired) electrons. The highest BCUT2D eigenvalue weighted by Gasteiger charge is 2.13. The van der Waals surface area contributed by atoms with Crippen LogP contribution in [0.15, 0.2) is 28.1 Å². The molecule has 1 unspecified atom stereocenters. The van der Waals surface area contributed by atoms with E-state index in [0.717, 1.165) is 14.2 Å². The van der Waals surface area contributed by atoms with Crippen molar-refractivity contribution in [2.75, 3.05) is 0 Å². The summed E-state index contributed by atoms with van der Waals surface area (Å²) in [6.45, 7) is 2.05. The van der Waals surface area contributed by atoms with E-state index in [1.807, 2.05) is 30.5 Å². The second-order valence-electron chi connectivity index (χ2n) is 3.02. The highest BCUT2D eigenvalue weighted by Crippen LogP contribution is 2.33. The Balaban J connectivity index is 2.28. The predicted octanol–water partition coefficient (Wildman–Crippen LogP) is 3.96. The molecule has 0 aliphatic carbocycles. The van der Waals surface area contributed by atoms with E-state index < -0.39 is 6.10 Å². The average molecular weight is 289 g/mol. The first-order chi connectivity index (χ1) is 6.66. The van der Waals surface area contributed by atoms with Gasteiger partial charge in [-0.3, -0.25) is 0 Å². The number of hydrogen-bond donors (Lipinski definition) is 1. The molecule has 14 heavy (non-hydrogen) atoms. The second-order valence-corrected chi connectivity index (χ2v) is 6.20. The maximum atomic E-state index is 10.0. The molecule has 0 saturated heterocycles. The van der Waals surface area contributed by atoms with Gasteiger partial charge >= 0.3 is 0 Å². The number of aliphatic hydroxyl groups is 1. The van der Waals surface area contributed by atoms with Gasteiger partial charge in [-0.2, -0.15) is 0 Å². The Bertz CT molecular complexity index is 393. The van der Waals surface area contributed by atoms with E-state index in [2.05, 4.69) is 15.9 Å². The lowest BCUT2D eigenvalue weighted by Gasteiger charge is -2.04. The Kier molecular flexibility index (Phi) is 3.07. The van der Waals surface area contributed by atoms with E-state index in [1.165, 1.54) is 4.88 Å². The molecule has 0 saturated carbocycles. The van der Waals surface area contributed by atoms with Crippen LogP contribution in [0.25, 0.3) is 0 Å². The quantitative estimate of drug-likeness (QED) is 0.887. The lowest BCUT2D eigenvalue weighted by Crippen LogP contribution is -1.92. The van der Waals surface area contributed by atoms with Gasteiger partial charge in [-0.15, -0.1) is 22.7 Å². The zero-order chi connectivity index (χ0) is 10.1. The standard InChI is InChI=1S/C10H9BrOS2/c1-6-2-3-8(14-6)10(12)9-4-7(11)5-13-9/h2-5,10,12H,1H3. The molecule has 2 heterocycles. The third-order valence-electron chi connectivity index (χ3n) is 1.89. The van der Waals surface area contributed by atoms with E-state index in [-0.39, 0.29) is 0 Å². The first-order valence-corrected chi connectivity index (χ1v) is 6.64. The average Bonchev–Trinajstić information content (AvgIpc) is 2.73. The molecule has 2 aromatic rings. The van der Waals surface area contributed by atoms with Crippen LogP contribution in [0.5, 0.6) is 0 Å². The molecule has 0 aliphatic heterocycles. The van der Waals surface area contributed by atoms with Crippen LogP contribution in [0, 0.1) is 6.92 Å². The summed E-state index contributed by atoms with van der Waals surface area (Å²) in [4.78, 5) is 3.23. The molecule has 1 nitrogen and oxygen atoms in total. The van der Waals surface area contributed by atoms with Crippen molar-refractivity contribution in [1.82, 2.24) is 0 Å². The number of rotatable bonds is 2. The van der Waals surface area contributed by atoms with Crippen molar-refractivity contribution in [2.24, 2.45) is 0 Å². The third kappa shape index (κ3) is 2.08. The Hall–Kier alpha value is -0.160. The van der Waals surface area contributed by atoms with Gasteiger partial charge in [0.15, 0.2) is 0 Å². The van der Waals surface area contributed by atoms with E-state index in [9.17, 15) is 5.11 Å². The fourth-order valence-corrected chi connectivity index (χ4v) is 3.62. The summed E-state index contributed by atoms with van der Waals surface area (Å²) in [5.74, 6) is 0. The number of thiophene rings is 2. The summed E-state index contributed by atoms with van der Waals surface area (Å²) in [5.41, 5.74) is 0. The topological polar surface area (TPSA) is 20.2 Å². The van der Waals surface area contributed by atoms with Gasteiger partial charge in [-0.25, -0.2) is 0 Å². The SMILES string of the molecule is Cc1ccc(C(O)c2cc(Br)cs2)s1. The highest BCUT2D eigenvalue weighted by molar-refractivity contribution is 9.10. The fraction of sp³-hybridized carbons (Fsp3) is 0.200. The molecule has 1 N–H and O–H groups in total.